The monoisotopic (exact) mass is 875 g/mol. The van der Waals surface area contributed by atoms with Gasteiger partial charge in [0.15, 0.2) is 0 Å². The Labute approximate surface area is 374 Å². The number of nitrogens with one attached hydrogen (secondary N) is 3. The lowest BCUT2D eigenvalue weighted by Gasteiger charge is -2.33. The summed E-state index contributed by atoms with van der Waals surface area (Å²) in [6, 6.07) is 13.4. The van der Waals surface area contributed by atoms with Crippen molar-refractivity contribution >= 4 is 45.7 Å². The van der Waals surface area contributed by atoms with Crippen LogP contribution in [0.1, 0.15) is 102 Å². The number of imidazole rings is 2. The number of nitrogens with zero attached hydrogens (tertiary/aromatic N) is 4. The number of hydrogen-bond donors (Lipinski definition) is 3. The van der Waals surface area contributed by atoms with Gasteiger partial charge >= 0.3 is 12.1 Å². The predicted molar refractivity (Wildman–Crippen MR) is 242 cm³/mol. The molecule has 15 nitrogen and oxygen atoms in total. The minimum Gasteiger partial charge on any atom is -0.488 e. The summed E-state index contributed by atoms with van der Waals surface area (Å²) in [4.78, 5) is 73.8. The number of amides is 3. The first-order chi connectivity index (χ1) is 30.9. The second kappa shape index (κ2) is 18.6. The highest BCUT2D eigenvalue weighted by Crippen LogP contribution is 2.44. The van der Waals surface area contributed by atoms with Crippen molar-refractivity contribution < 1.29 is 38.1 Å². The average Bonchev–Trinajstić information content (AvgIpc) is 4.14. The van der Waals surface area contributed by atoms with E-state index in [4.69, 9.17) is 28.9 Å². The van der Waals surface area contributed by atoms with E-state index in [1.165, 1.54) is 14.2 Å². The Morgan fingerprint density at radius 1 is 0.906 bits per heavy atom. The van der Waals surface area contributed by atoms with Crippen molar-refractivity contribution in [2.24, 2.45) is 23.7 Å². The number of hydrogen-bond acceptors (Lipinski definition) is 10. The number of H-pyrrole nitrogens is 2. The highest BCUT2D eigenvalue weighted by atomic mass is 16.5. The van der Waals surface area contributed by atoms with Crippen LogP contribution in [-0.4, -0.2) is 100 Å². The standard InChI is InChI=1S/C49H61N7O8/c1-9-26(3)34(21-42(57)62-7)47(58)55-23-29(24-61-6)17-40(55)46-51-37-15-13-30-19-36-33-14-12-31(18-32(33)25-64-41(36)20-35(30)44(37)53-46)38-22-50-45(52-38)39-16-11-28(5)56(39)48(59)43(27(4)10-2)54-49(60)63-8/h12-15,18-20,22,26-29,34,39-40,43H,9-11,16-17,21,23-25H2,1-8H3,(H,50,52)(H,51,53)(H,54,60)/t26-,27-,28+,29+,34+,39+,40+,43+/m1/s1. The molecule has 0 saturated carbocycles. The minimum absolute atomic E-state index is 0.00198. The SMILES string of the molecule is CC[C@@H](C)[C@H](CC(=O)OC)C(=O)N1C[C@@H](COC)C[C@H]1c1nc2c(ccc3cc4c(cc32)OCc2cc(-c3cnc([C@@H]5CC[C@H](C)N5C(=O)[C@@H](NC(=O)OC)[C@H](C)CC)[nH]3)ccc2-4)[nH]1. The van der Waals surface area contributed by atoms with Gasteiger partial charge in [-0.1, -0.05) is 58.7 Å². The summed E-state index contributed by atoms with van der Waals surface area (Å²) in [5, 5.41) is 4.74. The number of aromatic amines is 2. The van der Waals surface area contributed by atoms with E-state index >= 15 is 0 Å². The Morgan fingerprint density at radius 3 is 2.44 bits per heavy atom. The molecular weight excluding hydrogens is 815 g/mol. The van der Waals surface area contributed by atoms with Crippen LogP contribution in [0.3, 0.4) is 0 Å². The van der Waals surface area contributed by atoms with Crippen molar-refractivity contribution in [2.45, 2.75) is 104 Å². The van der Waals surface area contributed by atoms with Crippen LogP contribution in [0.5, 0.6) is 5.75 Å². The first-order valence-corrected chi connectivity index (χ1v) is 22.7. The number of carbonyl (C=O) groups excluding carboxylic acids is 4. The van der Waals surface area contributed by atoms with Crippen molar-refractivity contribution in [2.75, 3.05) is 34.5 Å². The normalized spacial score (nSPS) is 21.2. The fraction of sp³-hybridized carbons (Fsp3) is 0.510. The first-order valence-electron chi connectivity index (χ1n) is 22.7. The van der Waals surface area contributed by atoms with Crippen molar-refractivity contribution in [3.8, 4) is 28.1 Å². The van der Waals surface area contributed by atoms with E-state index in [2.05, 4.69) is 51.7 Å². The van der Waals surface area contributed by atoms with Crippen molar-refractivity contribution in [3.05, 3.63) is 65.9 Å². The number of rotatable bonds is 14. The van der Waals surface area contributed by atoms with Crippen LogP contribution in [0.2, 0.25) is 0 Å². The van der Waals surface area contributed by atoms with E-state index < -0.39 is 18.1 Å². The van der Waals surface area contributed by atoms with E-state index in [0.29, 0.717) is 37.8 Å². The van der Waals surface area contributed by atoms with Crippen LogP contribution in [0.4, 0.5) is 4.79 Å². The van der Waals surface area contributed by atoms with Gasteiger partial charge in [0.1, 0.15) is 30.0 Å². The molecule has 8 rings (SSSR count). The maximum atomic E-state index is 14.3. The lowest BCUT2D eigenvalue weighted by molar-refractivity contribution is -0.148. The number of fused-ring (bicyclic) bond motifs is 6. The Hall–Kier alpha value is -5.96. The molecule has 0 bridgehead atoms. The summed E-state index contributed by atoms with van der Waals surface area (Å²) in [6.45, 7) is 11.5. The van der Waals surface area contributed by atoms with Gasteiger partial charge in [-0.2, -0.15) is 0 Å². The quantitative estimate of drug-likeness (QED) is 0.0920. The van der Waals surface area contributed by atoms with Crippen LogP contribution >= 0.6 is 0 Å². The summed E-state index contributed by atoms with van der Waals surface area (Å²) in [6.07, 6.45) is 4.98. The van der Waals surface area contributed by atoms with E-state index in [1.807, 2.05) is 56.7 Å². The van der Waals surface area contributed by atoms with Crippen LogP contribution in [0, 0.1) is 23.7 Å². The minimum atomic E-state index is -0.707. The van der Waals surface area contributed by atoms with Crippen LogP contribution in [-0.2, 0) is 35.2 Å². The number of benzene rings is 3. The smallest absolute Gasteiger partial charge is 0.407 e. The largest absolute Gasteiger partial charge is 0.488 e. The molecule has 3 aromatic carbocycles. The molecule has 15 heteroatoms. The summed E-state index contributed by atoms with van der Waals surface area (Å²) in [5.41, 5.74) is 6.58. The first kappa shape index (κ1) is 44.6. The molecular formula is C49H61N7O8. The van der Waals surface area contributed by atoms with E-state index in [0.717, 1.165) is 81.2 Å². The fourth-order valence-electron chi connectivity index (χ4n) is 10.0. The van der Waals surface area contributed by atoms with Crippen molar-refractivity contribution in [3.63, 3.8) is 0 Å². The van der Waals surface area contributed by atoms with E-state index in [1.54, 1.807) is 7.11 Å². The van der Waals surface area contributed by atoms with E-state index in [9.17, 15) is 19.2 Å². The zero-order valence-electron chi connectivity index (χ0n) is 38.2. The number of alkyl carbamates (subject to hydrolysis) is 1. The Bertz CT molecular complexity index is 2550. The molecule has 3 aliphatic heterocycles. The molecule has 3 aliphatic rings. The Kier molecular flexibility index (Phi) is 13.0. The Balaban J connectivity index is 1.05. The van der Waals surface area contributed by atoms with Crippen molar-refractivity contribution in [1.82, 2.24) is 35.1 Å². The number of carbonyl (C=O) groups is 4. The molecule has 3 N–H and O–H groups in total. The number of methoxy groups -OCH3 is 3. The molecule has 64 heavy (non-hydrogen) atoms. The van der Waals surface area contributed by atoms with Gasteiger partial charge in [0, 0.05) is 36.6 Å². The summed E-state index contributed by atoms with van der Waals surface area (Å²) in [5.74, 6) is 1.15. The zero-order valence-corrected chi connectivity index (χ0v) is 38.2. The lowest BCUT2D eigenvalue weighted by atomic mass is 9.87. The lowest BCUT2D eigenvalue weighted by Crippen LogP contribution is -2.53. The number of likely N-dealkylation sites (tertiary alicyclic amines) is 2. The van der Waals surface area contributed by atoms with Crippen LogP contribution in [0.25, 0.3) is 44.2 Å². The molecule has 2 aromatic heterocycles. The van der Waals surface area contributed by atoms with Gasteiger partial charge in [-0.15, -0.1) is 0 Å². The molecule has 8 atom stereocenters. The highest BCUT2D eigenvalue weighted by Gasteiger charge is 2.43. The molecule has 5 heterocycles. The van der Waals surface area contributed by atoms with Gasteiger partial charge in [0.05, 0.1) is 68.2 Å². The molecule has 0 aliphatic carbocycles. The Morgan fingerprint density at radius 2 is 1.70 bits per heavy atom. The molecule has 2 saturated heterocycles. The van der Waals surface area contributed by atoms with Crippen molar-refractivity contribution in [1.29, 1.82) is 0 Å². The third kappa shape index (κ3) is 8.41. The average molecular weight is 876 g/mol. The molecule has 340 valence electrons. The maximum Gasteiger partial charge on any atom is 0.407 e. The van der Waals surface area contributed by atoms with E-state index in [-0.39, 0.29) is 60.1 Å². The second-order valence-electron chi connectivity index (χ2n) is 18.0. The van der Waals surface area contributed by atoms with Gasteiger partial charge < -0.3 is 44.0 Å². The molecule has 0 spiro atoms. The topological polar surface area (TPSA) is 181 Å². The van der Waals surface area contributed by atoms with Gasteiger partial charge in [0.2, 0.25) is 11.8 Å². The molecule has 3 amide bonds. The van der Waals surface area contributed by atoms with Gasteiger partial charge in [0.25, 0.3) is 0 Å². The third-order valence-corrected chi connectivity index (χ3v) is 14.1. The summed E-state index contributed by atoms with van der Waals surface area (Å²) >= 11 is 0. The number of ether oxygens (including phenoxy) is 4. The molecule has 5 aromatic rings. The van der Waals surface area contributed by atoms with Crippen LogP contribution < -0.4 is 10.1 Å². The van der Waals surface area contributed by atoms with Gasteiger partial charge in [-0.3, -0.25) is 14.4 Å². The fourth-order valence-corrected chi connectivity index (χ4v) is 10.0. The van der Waals surface area contributed by atoms with Gasteiger partial charge in [-0.25, -0.2) is 14.8 Å². The number of aromatic nitrogens is 4. The number of esters is 1. The zero-order chi connectivity index (χ0) is 45.4. The summed E-state index contributed by atoms with van der Waals surface area (Å²) < 4.78 is 21.9. The maximum absolute atomic E-state index is 14.3. The molecule has 0 unspecified atom stereocenters. The summed E-state index contributed by atoms with van der Waals surface area (Å²) in [7, 11) is 4.34. The van der Waals surface area contributed by atoms with Gasteiger partial charge in [-0.05, 0) is 84.4 Å². The predicted octanol–water partition coefficient (Wildman–Crippen LogP) is 8.25. The van der Waals surface area contributed by atoms with Crippen LogP contribution in [0.15, 0.2) is 48.7 Å². The highest BCUT2D eigenvalue weighted by molar-refractivity contribution is 6.07. The molecule has 2 fully saturated rings. The third-order valence-electron chi connectivity index (χ3n) is 14.1. The molecule has 0 radical (unpaired) electrons. The second-order valence-corrected chi connectivity index (χ2v) is 18.0.